The summed E-state index contributed by atoms with van der Waals surface area (Å²) in [5.74, 6) is 0.378. The number of tetrazole rings is 1. The normalized spacial score (nSPS) is 12.1. The summed E-state index contributed by atoms with van der Waals surface area (Å²) in [5.41, 5.74) is 6.70. The average molecular weight is 454 g/mol. The monoisotopic (exact) mass is 453 g/mol. The van der Waals surface area contributed by atoms with Crippen LogP contribution in [0.5, 0.6) is 0 Å². The van der Waals surface area contributed by atoms with Crippen molar-refractivity contribution in [2.75, 3.05) is 18.9 Å². The minimum atomic E-state index is -4.59. The number of rotatable bonds is 7. The Kier molecular flexibility index (Phi) is 5.82. The van der Waals surface area contributed by atoms with Crippen molar-refractivity contribution in [3.63, 3.8) is 0 Å². The Bertz CT molecular complexity index is 1270. The van der Waals surface area contributed by atoms with Crippen LogP contribution in [0, 0.1) is 0 Å². The first-order valence-electron chi connectivity index (χ1n) is 8.41. The molecule has 3 aromatic rings. The van der Waals surface area contributed by atoms with Crippen molar-refractivity contribution < 1.29 is 16.8 Å². The number of hydrogen-bond donors (Lipinski definition) is 5. The lowest BCUT2D eigenvalue weighted by Crippen LogP contribution is -2.23. The van der Waals surface area contributed by atoms with E-state index in [9.17, 15) is 16.8 Å². The third-order valence-corrected chi connectivity index (χ3v) is 6.27. The first-order valence-corrected chi connectivity index (χ1v) is 11.5. The molecular formula is C15H19N9O4S2. The lowest BCUT2D eigenvalue weighted by atomic mass is 9.93. The minimum absolute atomic E-state index is 0.138. The second-order valence-corrected chi connectivity index (χ2v) is 9.19. The highest BCUT2D eigenvalue weighted by Crippen LogP contribution is 2.41. The van der Waals surface area contributed by atoms with Gasteiger partial charge in [0.2, 0.25) is 25.9 Å². The molecule has 0 unspecified atom stereocenters. The zero-order valence-corrected chi connectivity index (χ0v) is 17.3. The molecule has 3 rings (SSSR count). The van der Waals surface area contributed by atoms with Gasteiger partial charge >= 0.3 is 0 Å². The standard InChI is InChI=1S/C15H19N9O4S2/c1-19-11-3-2-9(7-20-11)12-8(4-5-16)6-10(29(17,25)26)14(30(18,27)28)13(12)15-21-23-24-22-15/h2-3,6-7H,4-5,16H2,1H3,(H,19,20)(H2,17,25,26)(H2,18,27,28)(H,21,22,23,24). The van der Waals surface area contributed by atoms with E-state index >= 15 is 0 Å². The molecule has 0 bridgehead atoms. The molecular weight excluding hydrogens is 434 g/mol. The van der Waals surface area contributed by atoms with Gasteiger partial charge in [-0.15, -0.1) is 10.2 Å². The van der Waals surface area contributed by atoms with Crippen LogP contribution in [0.2, 0.25) is 0 Å². The van der Waals surface area contributed by atoms with Crippen molar-refractivity contribution in [2.45, 2.75) is 16.2 Å². The van der Waals surface area contributed by atoms with Gasteiger partial charge in [-0.3, -0.25) is 0 Å². The summed E-state index contributed by atoms with van der Waals surface area (Å²) in [5, 5.41) is 26.9. The minimum Gasteiger partial charge on any atom is -0.373 e. The van der Waals surface area contributed by atoms with Crippen LogP contribution in [0.15, 0.2) is 34.2 Å². The Morgan fingerprint density at radius 2 is 1.83 bits per heavy atom. The van der Waals surface area contributed by atoms with E-state index in [1.54, 1.807) is 19.2 Å². The van der Waals surface area contributed by atoms with E-state index in [1.165, 1.54) is 6.20 Å². The zero-order chi connectivity index (χ0) is 22.1. The first kappa shape index (κ1) is 21.7. The third-order valence-electron chi connectivity index (χ3n) is 4.21. The SMILES string of the molecule is CNc1ccc(-c2c(CCN)cc(S(N)(=O)=O)c(S(N)(=O)=O)c2-c2nn[nH]n2)cn1. The smallest absolute Gasteiger partial charge is 0.240 e. The van der Waals surface area contributed by atoms with E-state index in [0.717, 1.165) is 6.07 Å². The Hall–Kier alpha value is -2.98. The molecule has 15 heteroatoms. The number of nitrogens with zero attached hydrogens (tertiary/aromatic N) is 4. The Morgan fingerprint density at radius 3 is 2.30 bits per heavy atom. The summed E-state index contributed by atoms with van der Waals surface area (Å²) < 4.78 is 49.5. The van der Waals surface area contributed by atoms with Crippen LogP contribution >= 0.6 is 0 Å². The molecule has 2 heterocycles. The van der Waals surface area contributed by atoms with Crippen molar-refractivity contribution in [1.29, 1.82) is 0 Å². The van der Waals surface area contributed by atoms with Gasteiger partial charge in [0.1, 0.15) is 15.6 Å². The molecule has 0 aliphatic rings. The van der Waals surface area contributed by atoms with E-state index in [0.29, 0.717) is 22.5 Å². The van der Waals surface area contributed by atoms with Crippen molar-refractivity contribution in [3.8, 4) is 22.5 Å². The predicted octanol–water partition coefficient (Wildman–Crippen LogP) is -1.23. The molecule has 0 aliphatic carbocycles. The molecule has 0 saturated heterocycles. The average Bonchev–Trinajstić information content (AvgIpc) is 3.20. The number of primary sulfonamides is 2. The lowest BCUT2D eigenvalue weighted by molar-refractivity contribution is 0.584. The molecule has 2 aromatic heterocycles. The molecule has 0 spiro atoms. The van der Waals surface area contributed by atoms with Crippen LogP contribution in [0.25, 0.3) is 22.5 Å². The number of sulfonamides is 2. The second kappa shape index (κ2) is 8.04. The molecule has 0 aliphatic heterocycles. The Balaban J connectivity index is 2.57. The molecule has 8 N–H and O–H groups in total. The number of H-pyrrole nitrogens is 1. The van der Waals surface area contributed by atoms with Crippen LogP contribution in [0.3, 0.4) is 0 Å². The molecule has 1 aromatic carbocycles. The van der Waals surface area contributed by atoms with Crippen LogP contribution in [-0.4, -0.2) is 56.0 Å². The van der Waals surface area contributed by atoms with Gasteiger partial charge in [0, 0.05) is 18.8 Å². The number of aromatic nitrogens is 5. The van der Waals surface area contributed by atoms with Crippen LogP contribution in [-0.2, 0) is 26.5 Å². The van der Waals surface area contributed by atoms with E-state index in [-0.39, 0.29) is 24.4 Å². The largest absolute Gasteiger partial charge is 0.373 e. The predicted molar refractivity (Wildman–Crippen MR) is 108 cm³/mol. The van der Waals surface area contributed by atoms with Crippen molar-refractivity contribution in [3.05, 3.63) is 30.0 Å². The van der Waals surface area contributed by atoms with Gasteiger partial charge in [-0.1, -0.05) is 0 Å². The number of benzene rings is 1. The quantitative estimate of drug-likeness (QED) is 0.286. The molecule has 0 fully saturated rings. The summed E-state index contributed by atoms with van der Waals surface area (Å²) >= 11 is 0. The number of hydrogen-bond acceptors (Lipinski definition) is 10. The topological polar surface area (TPSA) is 226 Å². The summed E-state index contributed by atoms with van der Waals surface area (Å²) in [7, 11) is -7.40. The molecule has 160 valence electrons. The third kappa shape index (κ3) is 4.14. The summed E-state index contributed by atoms with van der Waals surface area (Å²) in [6.07, 6.45) is 1.68. The van der Waals surface area contributed by atoms with E-state index < -0.39 is 29.8 Å². The van der Waals surface area contributed by atoms with E-state index in [1.807, 2.05) is 0 Å². The fourth-order valence-electron chi connectivity index (χ4n) is 3.04. The summed E-state index contributed by atoms with van der Waals surface area (Å²) in [6, 6.07) is 4.47. The van der Waals surface area contributed by atoms with Gasteiger partial charge in [-0.2, -0.15) is 5.21 Å². The van der Waals surface area contributed by atoms with Crippen molar-refractivity contribution >= 4 is 25.9 Å². The number of pyridine rings is 1. The zero-order valence-electron chi connectivity index (χ0n) is 15.7. The summed E-state index contributed by atoms with van der Waals surface area (Å²) in [4.78, 5) is 2.81. The van der Waals surface area contributed by atoms with Gasteiger partial charge in [0.05, 0.1) is 5.56 Å². The number of nitrogens with two attached hydrogens (primary N) is 3. The molecule has 30 heavy (non-hydrogen) atoms. The van der Waals surface area contributed by atoms with Crippen LogP contribution < -0.4 is 21.3 Å². The lowest BCUT2D eigenvalue weighted by Gasteiger charge is -2.19. The number of aromatic amines is 1. The maximum Gasteiger partial charge on any atom is 0.240 e. The van der Waals surface area contributed by atoms with Gasteiger partial charge in [-0.25, -0.2) is 32.1 Å². The highest BCUT2D eigenvalue weighted by molar-refractivity contribution is 7.92. The Morgan fingerprint density at radius 1 is 1.10 bits per heavy atom. The highest BCUT2D eigenvalue weighted by atomic mass is 32.2. The molecule has 0 radical (unpaired) electrons. The maximum absolute atomic E-state index is 12.5. The summed E-state index contributed by atoms with van der Waals surface area (Å²) in [6.45, 7) is 0.138. The van der Waals surface area contributed by atoms with Gasteiger partial charge < -0.3 is 11.1 Å². The number of anilines is 1. The van der Waals surface area contributed by atoms with Gasteiger partial charge in [0.15, 0.2) is 0 Å². The Labute approximate surface area is 172 Å². The van der Waals surface area contributed by atoms with Gasteiger partial charge in [0.25, 0.3) is 0 Å². The first-order chi connectivity index (χ1) is 14.1. The van der Waals surface area contributed by atoms with Crippen molar-refractivity contribution in [2.24, 2.45) is 16.0 Å². The van der Waals surface area contributed by atoms with E-state index in [4.69, 9.17) is 16.0 Å². The molecule has 0 saturated carbocycles. The van der Waals surface area contributed by atoms with Crippen molar-refractivity contribution in [1.82, 2.24) is 25.6 Å². The molecule has 0 atom stereocenters. The number of nitrogens with one attached hydrogen (secondary N) is 2. The second-order valence-electron chi connectivity index (χ2n) is 6.16. The van der Waals surface area contributed by atoms with Crippen LogP contribution in [0.1, 0.15) is 5.56 Å². The maximum atomic E-state index is 12.5. The highest BCUT2D eigenvalue weighted by Gasteiger charge is 2.32. The van der Waals surface area contributed by atoms with Gasteiger partial charge in [-0.05, 0) is 47.5 Å². The molecule has 13 nitrogen and oxygen atoms in total. The van der Waals surface area contributed by atoms with Crippen LogP contribution in [0.4, 0.5) is 5.82 Å². The molecule has 0 amide bonds. The van der Waals surface area contributed by atoms with E-state index in [2.05, 4.69) is 30.9 Å². The fraction of sp³-hybridized carbons (Fsp3) is 0.200. The fourth-order valence-corrected chi connectivity index (χ4v) is 5.22.